The van der Waals surface area contributed by atoms with Crippen molar-refractivity contribution >= 4 is 41.8 Å². The average molecular weight is 941 g/mol. The molecule has 1 aliphatic heterocycles. The van der Waals surface area contributed by atoms with Crippen LogP contribution < -0.4 is 36.5 Å². The quantitative estimate of drug-likeness (QED) is 0.0793. The van der Waals surface area contributed by atoms with Crippen LogP contribution in [-0.4, -0.2) is 123 Å². The number of alkyl carbamates (subject to hydrolysis) is 3. The van der Waals surface area contributed by atoms with E-state index in [1.54, 1.807) is 106 Å². The maximum absolute atomic E-state index is 14.6. The molecule has 19 nitrogen and oxygen atoms in total. The zero-order chi connectivity index (χ0) is 50.3. The van der Waals surface area contributed by atoms with Crippen molar-refractivity contribution in [1.82, 2.24) is 26.2 Å². The second kappa shape index (κ2) is 24.6. The lowest BCUT2D eigenvalue weighted by Crippen LogP contribution is -2.47. The third-order valence-corrected chi connectivity index (χ3v) is 9.87. The number of hydrogen-bond acceptors (Lipinski definition) is 14. The molecule has 0 saturated carbocycles. The summed E-state index contributed by atoms with van der Waals surface area (Å²) in [6.07, 6.45) is -0.937. The van der Waals surface area contributed by atoms with E-state index in [1.165, 1.54) is 19.1 Å². The van der Waals surface area contributed by atoms with E-state index in [9.17, 15) is 33.6 Å². The number of nitrogens with zero attached hydrogens (tertiary/aromatic N) is 1. The zero-order valence-electron chi connectivity index (χ0n) is 41.2. The summed E-state index contributed by atoms with van der Waals surface area (Å²) >= 11 is 0. The number of carbonyl (C=O) groups excluding carboxylic acids is 7. The number of fused-ring (bicyclic) bond motifs is 5. The Morgan fingerprint density at radius 3 is 1.73 bits per heavy atom. The third kappa shape index (κ3) is 19.0. The number of unbranched alkanes of at least 4 members (excludes halogenated alkanes) is 1. The highest BCUT2D eigenvalue weighted by Crippen LogP contribution is 2.40. The summed E-state index contributed by atoms with van der Waals surface area (Å²) in [6.45, 7) is 17.7. The zero-order valence-corrected chi connectivity index (χ0v) is 41.2. The van der Waals surface area contributed by atoms with Crippen molar-refractivity contribution in [3.63, 3.8) is 0 Å². The molecule has 19 heteroatoms. The second-order valence-corrected chi connectivity index (χ2v) is 19.4. The van der Waals surface area contributed by atoms with Crippen LogP contribution in [0, 0.1) is 5.92 Å². The molecule has 0 unspecified atom stereocenters. The Bertz CT molecular complexity index is 2060. The maximum Gasteiger partial charge on any atom is 0.407 e. The molecular formula is C48H72N6O13. The molecule has 372 valence electrons. The fourth-order valence-electron chi connectivity index (χ4n) is 6.87. The minimum Gasteiger partial charge on any atom is -0.491 e. The molecular weight excluding hydrogens is 869 g/mol. The topological polar surface area (TPSA) is 252 Å². The van der Waals surface area contributed by atoms with Crippen LogP contribution >= 0.6 is 0 Å². The number of rotatable bonds is 16. The van der Waals surface area contributed by atoms with Gasteiger partial charge in [-0.25, -0.2) is 19.2 Å². The van der Waals surface area contributed by atoms with E-state index in [0.717, 1.165) is 0 Å². The number of likely N-dealkylation sites (N-methyl/N-ethyl adjacent to an activating group) is 1. The van der Waals surface area contributed by atoms with E-state index in [0.29, 0.717) is 53.1 Å². The Kier molecular flexibility index (Phi) is 20.3. The lowest BCUT2D eigenvalue weighted by Gasteiger charge is -2.31. The predicted octanol–water partition coefficient (Wildman–Crippen LogP) is 5.49. The molecule has 1 heterocycles. The van der Waals surface area contributed by atoms with E-state index in [-0.39, 0.29) is 45.6 Å². The first-order chi connectivity index (χ1) is 31.2. The SMILES string of the molecule is COC(=O)[C@@H]1Cc2ccc(OCCNC(=O)OC(C)(C)C)c(c2)-c2cc(ccc2OCCNC(=O)OC(C)(C)C)[C@H](N(C)C(=O)[C@@H](N)CCCCNC(=O)OC(C)(C)C)C(=O)C[C@@H](C)C(=O)N1. The van der Waals surface area contributed by atoms with Gasteiger partial charge in [0.2, 0.25) is 11.8 Å². The Labute approximate surface area is 394 Å². The fourth-order valence-corrected chi connectivity index (χ4v) is 6.87. The Balaban J connectivity index is 2.12. The molecule has 0 aliphatic carbocycles. The lowest BCUT2D eigenvalue weighted by molar-refractivity contribution is -0.145. The standard InChI is InChI=1S/C48H72N6O13/c1-29-25-36(55)39(54(11)41(57)34(49)15-13-14-20-50-43(59)65-46(2,3)4)31-17-19-38(64-24-22-52-45(61)67-48(8,9)10)33(28-31)32-26-30(27-35(42(58)62-12)53-40(29)56)16-18-37(32)63-23-21-51-44(60)66-47(5,6)7/h16-19,26,28-29,34-35,39H,13-15,20-25,27,49H2,1-12H3,(H,50,59)(H,51,60)(H,52,61)(H,53,56)/t29-,34+,35+,39+/m1/s1. The van der Waals surface area contributed by atoms with Gasteiger partial charge in [-0.15, -0.1) is 0 Å². The van der Waals surface area contributed by atoms with Gasteiger partial charge in [-0.1, -0.05) is 19.1 Å². The Morgan fingerprint density at radius 1 is 0.731 bits per heavy atom. The van der Waals surface area contributed by atoms with E-state index in [1.807, 2.05) is 0 Å². The van der Waals surface area contributed by atoms with Crippen molar-refractivity contribution in [3.05, 3.63) is 47.5 Å². The number of methoxy groups -OCH3 is 1. The molecule has 3 rings (SSSR count). The van der Waals surface area contributed by atoms with Gasteiger partial charge >= 0.3 is 24.2 Å². The molecule has 6 N–H and O–H groups in total. The monoisotopic (exact) mass is 941 g/mol. The maximum atomic E-state index is 14.6. The third-order valence-electron chi connectivity index (χ3n) is 9.87. The molecule has 4 atom stereocenters. The molecule has 5 amide bonds. The normalized spacial score (nSPS) is 17.1. The number of nitrogens with one attached hydrogen (secondary N) is 4. The van der Waals surface area contributed by atoms with Crippen LogP contribution in [0.3, 0.4) is 0 Å². The minimum absolute atomic E-state index is 0.00291. The summed E-state index contributed by atoms with van der Waals surface area (Å²) in [6, 6.07) is 6.67. The summed E-state index contributed by atoms with van der Waals surface area (Å²) in [7, 11) is 2.67. The molecule has 4 bridgehead atoms. The molecule has 1 aliphatic rings. The highest BCUT2D eigenvalue weighted by molar-refractivity contribution is 5.95. The number of ketones is 1. The highest BCUT2D eigenvalue weighted by atomic mass is 16.6. The molecule has 0 fully saturated rings. The van der Waals surface area contributed by atoms with Gasteiger partial charge in [0.15, 0.2) is 5.78 Å². The molecule has 2 aromatic carbocycles. The van der Waals surface area contributed by atoms with E-state index >= 15 is 0 Å². The Morgan fingerprint density at radius 2 is 1.22 bits per heavy atom. The number of benzene rings is 2. The number of Topliss-reactive ketones (excluding diaryl/α,β-unsaturated/α-hetero) is 1. The van der Waals surface area contributed by atoms with E-state index in [2.05, 4.69) is 21.3 Å². The molecule has 0 spiro atoms. The van der Waals surface area contributed by atoms with Crippen LogP contribution in [0.4, 0.5) is 14.4 Å². The smallest absolute Gasteiger partial charge is 0.407 e. The van der Waals surface area contributed by atoms with Crippen molar-refractivity contribution in [2.24, 2.45) is 11.7 Å². The van der Waals surface area contributed by atoms with Crippen LogP contribution in [-0.2, 0) is 44.5 Å². The van der Waals surface area contributed by atoms with Gasteiger partial charge in [0.1, 0.15) is 53.6 Å². The van der Waals surface area contributed by atoms with Crippen molar-refractivity contribution < 1.29 is 62.0 Å². The molecule has 0 saturated heterocycles. The highest BCUT2D eigenvalue weighted by Gasteiger charge is 2.35. The van der Waals surface area contributed by atoms with Gasteiger partial charge in [0, 0.05) is 43.5 Å². The predicted molar refractivity (Wildman–Crippen MR) is 249 cm³/mol. The fraction of sp³-hybridized carbons (Fsp3) is 0.604. The van der Waals surface area contributed by atoms with Crippen molar-refractivity contribution in [1.29, 1.82) is 0 Å². The molecule has 67 heavy (non-hydrogen) atoms. The second-order valence-electron chi connectivity index (χ2n) is 19.4. The largest absolute Gasteiger partial charge is 0.491 e. The summed E-state index contributed by atoms with van der Waals surface area (Å²) in [5.74, 6) is -2.63. The number of hydrogen-bond donors (Lipinski definition) is 5. The first-order valence-corrected chi connectivity index (χ1v) is 22.5. The average Bonchev–Trinajstić information content (AvgIpc) is 3.21. The number of esters is 1. The molecule has 0 aromatic heterocycles. The van der Waals surface area contributed by atoms with Crippen LogP contribution in [0.15, 0.2) is 36.4 Å². The van der Waals surface area contributed by atoms with Crippen molar-refractivity contribution in [2.45, 2.75) is 136 Å². The molecule has 2 aromatic rings. The van der Waals surface area contributed by atoms with Gasteiger partial charge < -0.3 is 60.3 Å². The van der Waals surface area contributed by atoms with Gasteiger partial charge in [0.25, 0.3) is 0 Å². The van der Waals surface area contributed by atoms with Crippen LogP contribution in [0.5, 0.6) is 11.5 Å². The van der Waals surface area contributed by atoms with E-state index < -0.39 is 82.7 Å². The Hall–Kier alpha value is -6.11. The van der Waals surface area contributed by atoms with Gasteiger partial charge in [-0.2, -0.15) is 0 Å². The number of carbonyl (C=O) groups is 7. The first kappa shape index (κ1) is 55.2. The van der Waals surface area contributed by atoms with Gasteiger partial charge in [-0.05, 0) is 117 Å². The lowest BCUT2D eigenvalue weighted by atomic mass is 9.89. The van der Waals surface area contributed by atoms with Crippen molar-refractivity contribution in [3.8, 4) is 22.6 Å². The van der Waals surface area contributed by atoms with Gasteiger partial charge in [-0.3, -0.25) is 14.4 Å². The van der Waals surface area contributed by atoms with Gasteiger partial charge in [0.05, 0.1) is 26.2 Å². The summed E-state index contributed by atoms with van der Waals surface area (Å²) in [5, 5.41) is 10.8. The number of amides is 5. The summed E-state index contributed by atoms with van der Waals surface area (Å²) in [4.78, 5) is 93.7. The first-order valence-electron chi connectivity index (χ1n) is 22.5. The summed E-state index contributed by atoms with van der Waals surface area (Å²) < 4.78 is 33.6. The number of nitrogens with two attached hydrogens (primary N) is 1. The number of ether oxygens (including phenoxy) is 6. The minimum atomic E-state index is -1.26. The molecule has 0 radical (unpaired) electrons. The van der Waals surface area contributed by atoms with Crippen molar-refractivity contribution in [2.75, 3.05) is 47.0 Å². The van der Waals surface area contributed by atoms with Crippen LogP contribution in [0.1, 0.15) is 112 Å². The van der Waals surface area contributed by atoms with Crippen LogP contribution in [0.25, 0.3) is 11.1 Å². The van der Waals surface area contributed by atoms with E-state index in [4.69, 9.17) is 34.2 Å². The van der Waals surface area contributed by atoms with Crippen LogP contribution in [0.2, 0.25) is 0 Å². The summed E-state index contributed by atoms with van der Waals surface area (Å²) in [5.41, 5.74) is 6.18.